The molecule has 0 nitrogen and oxygen atoms in total. The topological polar surface area (TPSA) is 0 Å². The molecule has 0 amide bonds. The van der Waals surface area contributed by atoms with E-state index in [0.717, 1.165) is 0 Å². The van der Waals surface area contributed by atoms with Crippen molar-refractivity contribution in [2.75, 3.05) is 0 Å². The van der Waals surface area contributed by atoms with Gasteiger partial charge in [0.2, 0.25) is 0 Å². The number of benzene rings is 1. The lowest BCUT2D eigenvalue weighted by atomic mass is 10.0. The van der Waals surface area contributed by atoms with Crippen LogP contribution in [0.2, 0.25) is 6.04 Å². The van der Waals surface area contributed by atoms with Crippen LogP contribution in [0.25, 0.3) is 0 Å². The molecular formula is C11H17Si. The Morgan fingerprint density at radius 2 is 1.67 bits per heavy atom. The molecule has 0 saturated heterocycles. The fourth-order valence-corrected chi connectivity index (χ4v) is 2.36. The fraction of sp³-hybridized carbons (Fsp3) is 0.455. The fourth-order valence-electron chi connectivity index (χ4n) is 1.01. The lowest BCUT2D eigenvalue weighted by Crippen LogP contribution is -2.19. The van der Waals surface area contributed by atoms with Gasteiger partial charge in [-0.1, -0.05) is 62.3 Å². The van der Waals surface area contributed by atoms with Gasteiger partial charge in [0.1, 0.15) is 0 Å². The molecular weight excluding hydrogens is 160 g/mol. The summed E-state index contributed by atoms with van der Waals surface area (Å²) in [6, 6.07) is 12.2. The quantitative estimate of drug-likeness (QED) is 0.608. The van der Waals surface area contributed by atoms with Crippen molar-refractivity contribution >= 4 is 14.7 Å². The van der Waals surface area contributed by atoms with E-state index in [1.54, 1.807) is 0 Å². The second-order valence-electron chi connectivity index (χ2n) is 4.38. The molecule has 0 aliphatic rings. The first-order chi connectivity index (χ1) is 5.58. The van der Waals surface area contributed by atoms with Crippen molar-refractivity contribution in [3.63, 3.8) is 0 Å². The van der Waals surface area contributed by atoms with E-state index in [4.69, 9.17) is 0 Å². The zero-order valence-electron chi connectivity index (χ0n) is 8.17. The van der Waals surface area contributed by atoms with Crippen LogP contribution in [0.15, 0.2) is 30.3 Å². The minimum absolute atomic E-state index is 0.470. The van der Waals surface area contributed by atoms with Gasteiger partial charge in [0.25, 0.3) is 0 Å². The van der Waals surface area contributed by atoms with Gasteiger partial charge in [-0.3, -0.25) is 0 Å². The molecule has 0 atom stereocenters. The number of rotatable bonds is 2. The molecule has 65 valence electrons. The molecule has 0 fully saturated rings. The monoisotopic (exact) mass is 177 g/mol. The van der Waals surface area contributed by atoms with Crippen LogP contribution in [0.3, 0.4) is 0 Å². The molecule has 0 unspecified atom stereocenters. The third-order valence-corrected chi connectivity index (χ3v) is 4.03. The van der Waals surface area contributed by atoms with Crippen LogP contribution in [-0.4, -0.2) is 9.52 Å². The Kier molecular flexibility index (Phi) is 3.10. The molecule has 0 aliphatic heterocycles. The third kappa shape index (κ3) is 3.72. The Bertz CT molecular complexity index is 221. The van der Waals surface area contributed by atoms with E-state index in [1.807, 2.05) is 0 Å². The summed E-state index contributed by atoms with van der Waals surface area (Å²) in [7, 11) is 0.470. The molecule has 0 heterocycles. The molecule has 0 N–H and O–H groups in total. The maximum Gasteiger partial charge on any atom is 0.0673 e. The first kappa shape index (κ1) is 9.52. The van der Waals surface area contributed by atoms with Crippen molar-refractivity contribution in [3.05, 3.63) is 30.3 Å². The summed E-state index contributed by atoms with van der Waals surface area (Å²) in [4.78, 5) is 0. The Morgan fingerprint density at radius 1 is 1.08 bits per heavy atom. The van der Waals surface area contributed by atoms with Crippen molar-refractivity contribution in [2.24, 2.45) is 5.41 Å². The Balaban J connectivity index is 2.44. The summed E-state index contributed by atoms with van der Waals surface area (Å²) in [5.41, 5.74) is 0.491. The van der Waals surface area contributed by atoms with E-state index in [0.29, 0.717) is 14.9 Å². The molecule has 0 saturated carbocycles. The summed E-state index contributed by atoms with van der Waals surface area (Å²) in [5.74, 6) is 0. The second-order valence-corrected chi connectivity index (χ2v) is 5.86. The molecule has 0 aromatic heterocycles. The smallest absolute Gasteiger partial charge is 0.0656 e. The Morgan fingerprint density at radius 3 is 2.17 bits per heavy atom. The average Bonchev–Trinajstić information content (AvgIpc) is 2.02. The lowest BCUT2D eigenvalue weighted by molar-refractivity contribution is 0.468. The van der Waals surface area contributed by atoms with Gasteiger partial charge in [0.15, 0.2) is 0 Å². The first-order valence-electron chi connectivity index (χ1n) is 4.46. The molecule has 1 aromatic rings. The molecule has 0 aliphatic carbocycles. The maximum absolute atomic E-state index is 2.31. The summed E-state index contributed by atoms with van der Waals surface area (Å²) >= 11 is 0. The first-order valence-corrected chi connectivity index (χ1v) is 5.86. The summed E-state index contributed by atoms with van der Waals surface area (Å²) in [5, 5.41) is 1.53. The molecule has 1 heteroatoms. The molecule has 0 bridgehead atoms. The maximum atomic E-state index is 2.31. The lowest BCUT2D eigenvalue weighted by Gasteiger charge is -2.16. The van der Waals surface area contributed by atoms with Crippen LogP contribution in [0.1, 0.15) is 20.8 Å². The second kappa shape index (κ2) is 3.90. The Labute approximate surface area is 77.8 Å². The van der Waals surface area contributed by atoms with Crippen LogP contribution in [-0.2, 0) is 0 Å². The van der Waals surface area contributed by atoms with Gasteiger partial charge in [0.05, 0.1) is 9.52 Å². The average molecular weight is 177 g/mol. The van der Waals surface area contributed by atoms with E-state index in [1.165, 1.54) is 11.2 Å². The summed E-state index contributed by atoms with van der Waals surface area (Å²) < 4.78 is 0. The highest BCUT2D eigenvalue weighted by Gasteiger charge is 2.09. The van der Waals surface area contributed by atoms with Gasteiger partial charge in [-0.15, -0.1) is 0 Å². The highest BCUT2D eigenvalue weighted by Crippen LogP contribution is 2.17. The standard InChI is InChI=1S/C11H17Si/c1-11(2,3)9-12-10-7-5-4-6-8-10/h4-8,12H,9H2,1-3H3. The zero-order chi connectivity index (χ0) is 9.03. The minimum atomic E-state index is 0.470. The molecule has 0 spiro atoms. The van der Waals surface area contributed by atoms with Crippen molar-refractivity contribution < 1.29 is 0 Å². The van der Waals surface area contributed by atoms with Crippen LogP contribution < -0.4 is 5.19 Å². The van der Waals surface area contributed by atoms with Gasteiger partial charge in [-0.05, 0) is 5.41 Å². The minimum Gasteiger partial charge on any atom is -0.0656 e. The SMILES string of the molecule is CC(C)(C)C[SiH]c1ccccc1. The highest BCUT2D eigenvalue weighted by molar-refractivity contribution is 6.53. The molecule has 1 aromatic carbocycles. The van der Waals surface area contributed by atoms with Gasteiger partial charge >= 0.3 is 0 Å². The van der Waals surface area contributed by atoms with Crippen molar-refractivity contribution in [3.8, 4) is 0 Å². The van der Waals surface area contributed by atoms with E-state index in [2.05, 4.69) is 51.1 Å². The van der Waals surface area contributed by atoms with Crippen LogP contribution in [0, 0.1) is 5.41 Å². The zero-order valence-corrected chi connectivity index (χ0v) is 9.33. The van der Waals surface area contributed by atoms with Gasteiger partial charge < -0.3 is 0 Å². The third-order valence-electron chi connectivity index (χ3n) is 1.75. The van der Waals surface area contributed by atoms with Crippen molar-refractivity contribution in [1.29, 1.82) is 0 Å². The van der Waals surface area contributed by atoms with Gasteiger partial charge in [0, 0.05) is 0 Å². The van der Waals surface area contributed by atoms with E-state index in [-0.39, 0.29) is 0 Å². The van der Waals surface area contributed by atoms with E-state index >= 15 is 0 Å². The van der Waals surface area contributed by atoms with Crippen LogP contribution >= 0.6 is 0 Å². The number of hydrogen-bond donors (Lipinski definition) is 0. The largest absolute Gasteiger partial charge is 0.0673 e. The van der Waals surface area contributed by atoms with Crippen molar-refractivity contribution in [1.82, 2.24) is 0 Å². The van der Waals surface area contributed by atoms with E-state index < -0.39 is 0 Å². The predicted octanol–water partition coefficient (Wildman–Crippen LogP) is 2.21. The van der Waals surface area contributed by atoms with Gasteiger partial charge in [-0.25, -0.2) is 0 Å². The normalized spacial score (nSPS) is 11.6. The van der Waals surface area contributed by atoms with Crippen LogP contribution in [0.5, 0.6) is 0 Å². The van der Waals surface area contributed by atoms with Crippen molar-refractivity contribution in [2.45, 2.75) is 26.8 Å². The number of hydrogen-bond acceptors (Lipinski definition) is 0. The summed E-state index contributed by atoms with van der Waals surface area (Å²) in [6.07, 6.45) is 0. The van der Waals surface area contributed by atoms with E-state index in [9.17, 15) is 0 Å². The Hall–Kier alpha value is -0.563. The molecule has 12 heavy (non-hydrogen) atoms. The summed E-state index contributed by atoms with van der Waals surface area (Å²) in [6.45, 7) is 6.93. The molecule has 1 radical (unpaired) electrons. The van der Waals surface area contributed by atoms with Crippen LogP contribution in [0.4, 0.5) is 0 Å². The highest BCUT2D eigenvalue weighted by atomic mass is 28.2. The predicted molar refractivity (Wildman–Crippen MR) is 57.5 cm³/mol. The van der Waals surface area contributed by atoms with Gasteiger partial charge in [-0.2, -0.15) is 0 Å². The molecule has 1 rings (SSSR count).